The van der Waals surface area contributed by atoms with E-state index in [9.17, 15) is 14.7 Å². The molecule has 0 aliphatic heterocycles. The minimum absolute atomic E-state index is 0.0279. The second-order valence-electron chi connectivity index (χ2n) is 6.54. The van der Waals surface area contributed by atoms with Gasteiger partial charge < -0.3 is 14.9 Å². The van der Waals surface area contributed by atoms with E-state index in [4.69, 9.17) is 4.52 Å². The number of carboxylic acids is 1. The zero-order valence-electron chi connectivity index (χ0n) is 13.3. The number of rotatable bonds is 6. The molecule has 21 heavy (non-hydrogen) atoms. The van der Waals surface area contributed by atoms with Crippen molar-refractivity contribution >= 4 is 11.9 Å². The van der Waals surface area contributed by atoms with Gasteiger partial charge in [-0.1, -0.05) is 25.9 Å². The van der Waals surface area contributed by atoms with Crippen molar-refractivity contribution in [3.63, 3.8) is 0 Å². The Morgan fingerprint density at radius 3 is 2.38 bits per heavy atom. The molecule has 1 rings (SSSR count). The zero-order valence-corrected chi connectivity index (χ0v) is 13.3. The summed E-state index contributed by atoms with van der Waals surface area (Å²) in [5.74, 6) is -0.749. The number of amides is 1. The Morgan fingerprint density at radius 2 is 1.95 bits per heavy atom. The van der Waals surface area contributed by atoms with E-state index >= 15 is 0 Å². The van der Waals surface area contributed by atoms with Gasteiger partial charge in [-0.3, -0.25) is 4.79 Å². The molecule has 0 bridgehead atoms. The van der Waals surface area contributed by atoms with Crippen LogP contribution in [0, 0.1) is 19.3 Å². The first-order valence-corrected chi connectivity index (χ1v) is 7.04. The van der Waals surface area contributed by atoms with Crippen LogP contribution < -0.4 is 5.32 Å². The summed E-state index contributed by atoms with van der Waals surface area (Å²) in [7, 11) is 0. The summed E-state index contributed by atoms with van der Waals surface area (Å²) in [4.78, 5) is 23.3. The lowest BCUT2D eigenvalue weighted by atomic mass is 9.88. The Hall–Kier alpha value is -1.85. The molecule has 0 fully saturated rings. The van der Waals surface area contributed by atoms with Crippen molar-refractivity contribution < 1.29 is 19.2 Å². The van der Waals surface area contributed by atoms with Crippen molar-refractivity contribution in [1.29, 1.82) is 0 Å². The minimum Gasteiger partial charge on any atom is -0.480 e. The van der Waals surface area contributed by atoms with E-state index in [0.29, 0.717) is 23.4 Å². The Balaban J connectivity index is 2.63. The monoisotopic (exact) mass is 296 g/mol. The molecule has 0 saturated carbocycles. The molecule has 0 aromatic carbocycles. The average molecular weight is 296 g/mol. The third kappa shape index (κ3) is 5.57. The van der Waals surface area contributed by atoms with Gasteiger partial charge in [-0.2, -0.15) is 0 Å². The largest absolute Gasteiger partial charge is 0.480 e. The second-order valence-corrected chi connectivity index (χ2v) is 6.54. The highest BCUT2D eigenvalue weighted by molar-refractivity contribution is 5.85. The van der Waals surface area contributed by atoms with E-state index in [2.05, 4.69) is 10.5 Å². The third-order valence-electron chi connectivity index (χ3n) is 3.33. The van der Waals surface area contributed by atoms with Gasteiger partial charge in [0.25, 0.3) is 0 Å². The fraction of sp³-hybridized carbons (Fsp3) is 0.667. The van der Waals surface area contributed by atoms with Gasteiger partial charge in [0.1, 0.15) is 11.8 Å². The highest BCUT2D eigenvalue weighted by atomic mass is 16.5. The Kier molecular flexibility index (Phi) is 5.52. The van der Waals surface area contributed by atoms with Crippen molar-refractivity contribution in [2.75, 3.05) is 0 Å². The molecular weight excluding hydrogens is 272 g/mol. The number of aryl methyl sites for hydroxylation is 2. The van der Waals surface area contributed by atoms with Gasteiger partial charge in [-0.25, -0.2) is 4.79 Å². The predicted molar refractivity (Wildman–Crippen MR) is 77.9 cm³/mol. The number of carboxylic acid groups (broad SMARTS) is 1. The molecule has 0 radical (unpaired) electrons. The van der Waals surface area contributed by atoms with Crippen LogP contribution in [0.15, 0.2) is 4.52 Å². The maximum atomic E-state index is 12.0. The van der Waals surface area contributed by atoms with Gasteiger partial charge >= 0.3 is 5.97 Å². The molecule has 6 heteroatoms. The first-order chi connectivity index (χ1) is 9.60. The predicted octanol–water partition coefficient (Wildman–Crippen LogP) is 2.23. The molecule has 1 aromatic rings. The maximum Gasteiger partial charge on any atom is 0.326 e. The summed E-state index contributed by atoms with van der Waals surface area (Å²) in [5.41, 5.74) is 1.40. The molecular formula is C15H24N2O4. The van der Waals surface area contributed by atoms with Crippen molar-refractivity contribution in [3.05, 3.63) is 17.0 Å². The van der Waals surface area contributed by atoms with Crippen molar-refractivity contribution in [3.8, 4) is 0 Å². The number of aliphatic carboxylic acids is 1. The van der Waals surface area contributed by atoms with Crippen LogP contribution in [-0.2, 0) is 16.0 Å². The van der Waals surface area contributed by atoms with Crippen LogP contribution in [0.4, 0.5) is 0 Å². The fourth-order valence-electron chi connectivity index (χ4n) is 1.99. The zero-order chi connectivity index (χ0) is 16.2. The molecule has 118 valence electrons. The highest BCUT2D eigenvalue weighted by Crippen LogP contribution is 2.21. The number of aromatic nitrogens is 1. The lowest BCUT2D eigenvalue weighted by molar-refractivity contribution is -0.142. The SMILES string of the molecule is Cc1noc(C)c1CC(=O)NC(CCC(C)(C)C)C(=O)O. The van der Waals surface area contributed by atoms with Gasteiger partial charge in [-0.15, -0.1) is 0 Å². The molecule has 0 saturated heterocycles. The summed E-state index contributed by atoms with van der Waals surface area (Å²) < 4.78 is 4.99. The van der Waals surface area contributed by atoms with Gasteiger partial charge in [0.2, 0.25) is 5.91 Å². The molecule has 0 aliphatic rings. The van der Waals surface area contributed by atoms with E-state index < -0.39 is 12.0 Å². The van der Waals surface area contributed by atoms with E-state index in [1.807, 2.05) is 20.8 Å². The number of carbonyl (C=O) groups is 2. The van der Waals surface area contributed by atoms with Crippen LogP contribution in [0.25, 0.3) is 0 Å². The molecule has 0 aliphatic carbocycles. The standard InChI is InChI=1S/C15H24N2O4/c1-9-11(10(2)21-17-9)8-13(18)16-12(14(19)20)6-7-15(3,4)5/h12H,6-8H2,1-5H3,(H,16,18)(H,19,20). The Labute approximate surface area is 124 Å². The van der Waals surface area contributed by atoms with Gasteiger partial charge in [0.05, 0.1) is 12.1 Å². The number of hydrogen-bond acceptors (Lipinski definition) is 4. The van der Waals surface area contributed by atoms with Crippen LogP contribution in [0.3, 0.4) is 0 Å². The van der Waals surface area contributed by atoms with E-state index in [1.54, 1.807) is 13.8 Å². The third-order valence-corrected chi connectivity index (χ3v) is 3.33. The lowest BCUT2D eigenvalue weighted by Crippen LogP contribution is -2.42. The first kappa shape index (κ1) is 17.2. The van der Waals surface area contributed by atoms with E-state index in [1.165, 1.54) is 0 Å². The summed E-state index contributed by atoms with van der Waals surface area (Å²) >= 11 is 0. The molecule has 2 N–H and O–H groups in total. The molecule has 1 unspecified atom stereocenters. The second kappa shape index (κ2) is 6.74. The number of hydrogen-bond donors (Lipinski definition) is 2. The average Bonchev–Trinajstić information content (AvgIpc) is 2.64. The molecule has 1 aromatic heterocycles. The lowest BCUT2D eigenvalue weighted by Gasteiger charge is -2.21. The Morgan fingerprint density at radius 1 is 1.33 bits per heavy atom. The van der Waals surface area contributed by atoms with Crippen molar-refractivity contribution in [2.24, 2.45) is 5.41 Å². The number of carbonyl (C=O) groups excluding carboxylic acids is 1. The van der Waals surface area contributed by atoms with Gasteiger partial charge in [0, 0.05) is 5.56 Å². The first-order valence-electron chi connectivity index (χ1n) is 7.04. The molecule has 1 heterocycles. The normalized spacial score (nSPS) is 13.0. The number of nitrogens with one attached hydrogen (secondary N) is 1. The summed E-state index contributed by atoms with van der Waals surface area (Å²) in [6, 6.07) is -0.864. The van der Waals surface area contributed by atoms with Crippen molar-refractivity contribution in [1.82, 2.24) is 10.5 Å². The highest BCUT2D eigenvalue weighted by Gasteiger charge is 2.23. The summed E-state index contributed by atoms with van der Waals surface area (Å²) in [6.45, 7) is 9.61. The summed E-state index contributed by atoms with van der Waals surface area (Å²) in [6.07, 6.45) is 1.21. The smallest absolute Gasteiger partial charge is 0.326 e. The van der Waals surface area contributed by atoms with Gasteiger partial charge in [-0.05, 0) is 32.1 Å². The van der Waals surface area contributed by atoms with Crippen LogP contribution in [0.2, 0.25) is 0 Å². The molecule has 0 spiro atoms. The quantitative estimate of drug-likeness (QED) is 0.839. The van der Waals surface area contributed by atoms with Crippen LogP contribution in [0.1, 0.15) is 50.6 Å². The Bertz CT molecular complexity index is 495. The summed E-state index contributed by atoms with van der Waals surface area (Å²) in [5, 5.41) is 15.6. The van der Waals surface area contributed by atoms with Gasteiger partial charge in [0.15, 0.2) is 0 Å². The topological polar surface area (TPSA) is 92.4 Å². The van der Waals surface area contributed by atoms with Crippen LogP contribution >= 0.6 is 0 Å². The van der Waals surface area contributed by atoms with Crippen molar-refractivity contribution in [2.45, 2.75) is 59.9 Å². The molecule has 1 amide bonds. The fourth-order valence-corrected chi connectivity index (χ4v) is 1.99. The maximum absolute atomic E-state index is 12.0. The van der Waals surface area contributed by atoms with E-state index in [0.717, 1.165) is 6.42 Å². The molecule has 1 atom stereocenters. The number of nitrogens with zero attached hydrogens (tertiary/aromatic N) is 1. The minimum atomic E-state index is -1.01. The van der Waals surface area contributed by atoms with Crippen LogP contribution in [0.5, 0.6) is 0 Å². The van der Waals surface area contributed by atoms with E-state index in [-0.39, 0.29) is 17.7 Å². The van der Waals surface area contributed by atoms with Crippen LogP contribution in [-0.4, -0.2) is 28.2 Å². The molecule has 6 nitrogen and oxygen atoms in total.